The maximum Gasteiger partial charge on any atom is 0.269 e. The topological polar surface area (TPSA) is 84.5 Å². The number of non-ortho nitro benzene ring substituents is 1. The molecule has 8 nitrogen and oxygen atoms in total. The zero-order chi connectivity index (χ0) is 21.1. The number of hydrogen-bond acceptors (Lipinski definition) is 5. The van der Waals surface area contributed by atoms with Gasteiger partial charge in [0.1, 0.15) is 0 Å². The highest BCUT2D eigenvalue weighted by molar-refractivity contribution is 9.10. The summed E-state index contributed by atoms with van der Waals surface area (Å²) in [5, 5.41) is 15.2. The molecule has 0 bridgehead atoms. The molecule has 1 aromatic heterocycles. The first kappa shape index (κ1) is 20.2. The van der Waals surface area contributed by atoms with Gasteiger partial charge in [-0.2, -0.15) is 5.10 Å². The van der Waals surface area contributed by atoms with Crippen LogP contribution in [0.25, 0.3) is 5.69 Å². The first-order valence-corrected chi connectivity index (χ1v) is 10.3. The van der Waals surface area contributed by atoms with E-state index in [0.717, 1.165) is 28.8 Å². The number of aromatic nitrogens is 2. The highest BCUT2D eigenvalue weighted by atomic mass is 79.9. The number of piperazine rings is 1. The van der Waals surface area contributed by atoms with E-state index in [4.69, 9.17) is 0 Å². The van der Waals surface area contributed by atoms with Gasteiger partial charge in [-0.3, -0.25) is 19.8 Å². The highest BCUT2D eigenvalue weighted by Crippen LogP contribution is 2.18. The standard InChI is InChI=1S/C21H20BrN5O3/c22-18-13-23-26(15-18)19-6-4-17(5-7-19)21(28)25-10-8-24(9-11-25)14-16-2-1-3-20(12-16)27(29)30/h1-7,12-13,15H,8-11,14H2. The summed E-state index contributed by atoms with van der Waals surface area (Å²) in [5.41, 5.74) is 2.55. The van der Waals surface area contributed by atoms with Crippen LogP contribution in [0, 0.1) is 10.1 Å². The van der Waals surface area contributed by atoms with Crippen molar-refractivity contribution >= 4 is 27.5 Å². The number of nitro benzene ring substituents is 1. The zero-order valence-corrected chi connectivity index (χ0v) is 17.7. The maximum absolute atomic E-state index is 12.8. The van der Waals surface area contributed by atoms with E-state index >= 15 is 0 Å². The lowest BCUT2D eigenvalue weighted by Gasteiger charge is -2.34. The number of nitro groups is 1. The second-order valence-corrected chi connectivity index (χ2v) is 8.06. The van der Waals surface area contributed by atoms with Gasteiger partial charge in [0.25, 0.3) is 11.6 Å². The third-order valence-corrected chi connectivity index (χ3v) is 5.53. The summed E-state index contributed by atoms with van der Waals surface area (Å²) in [6, 6.07) is 14.1. The van der Waals surface area contributed by atoms with Gasteiger partial charge in [-0.25, -0.2) is 4.68 Å². The molecular formula is C21H20BrN5O3. The molecule has 30 heavy (non-hydrogen) atoms. The number of benzene rings is 2. The van der Waals surface area contributed by atoms with Crippen LogP contribution in [0.5, 0.6) is 0 Å². The van der Waals surface area contributed by atoms with Gasteiger partial charge in [-0.05, 0) is 45.8 Å². The van der Waals surface area contributed by atoms with E-state index in [0.29, 0.717) is 25.2 Å². The molecule has 2 heterocycles. The van der Waals surface area contributed by atoms with E-state index in [-0.39, 0.29) is 16.5 Å². The van der Waals surface area contributed by atoms with Gasteiger partial charge in [0.05, 0.1) is 21.3 Å². The normalized spacial score (nSPS) is 14.6. The number of nitrogens with zero attached hydrogens (tertiary/aromatic N) is 5. The summed E-state index contributed by atoms with van der Waals surface area (Å²) < 4.78 is 2.64. The van der Waals surface area contributed by atoms with Crippen molar-refractivity contribution in [2.24, 2.45) is 0 Å². The number of rotatable bonds is 5. The molecule has 1 amide bonds. The monoisotopic (exact) mass is 469 g/mol. The van der Waals surface area contributed by atoms with Crippen molar-refractivity contribution in [1.29, 1.82) is 0 Å². The van der Waals surface area contributed by atoms with Crippen molar-refractivity contribution in [2.75, 3.05) is 26.2 Å². The Balaban J connectivity index is 1.34. The van der Waals surface area contributed by atoms with E-state index in [9.17, 15) is 14.9 Å². The third kappa shape index (κ3) is 4.58. The molecule has 0 spiro atoms. The molecule has 4 rings (SSSR count). The minimum atomic E-state index is -0.378. The molecule has 1 aliphatic heterocycles. The van der Waals surface area contributed by atoms with Crippen molar-refractivity contribution in [2.45, 2.75) is 6.54 Å². The predicted molar refractivity (Wildman–Crippen MR) is 116 cm³/mol. The Labute approximate surface area is 182 Å². The SMILES string of the molecule is O=C(c1ccc(-n2cc(Br)cn2)cc1)N1CCN(Cc2cccc([N+](=O)[O-])c2)CC1. The van der Waals surface area contributed by atoms with Crippen LogP contribution in [0.4, 0.5) is 5.69 Å². The average Bonchev–Trinajstić information content (AvgIpc) is 3.20. The number of halogens is 1. The number of amides is 1. The fraction of sp³-hybridized carbons (Fsp3) is 0.238. The first-order chi connectivity index (χ1) is 14.5. The summed E-state index contributed by atoms with van der Waals surface area (Å²) in [7, 11) is 0. The molecule has 0 atom stereocenters. The van der Waals surface area contributed by atoms with Crippen molar-refractivity contribution in [3.63, 3.8) is 0 Å². The predicted octanol–water partition coefficient (Wildman–Crippen LogP) is 3.50. The van der Waals surface area contributed by atoms with Crippen LogP contribution in [0.15, 0.2) is 65.4 Å². The maximum atomic E-state index is 12.8. The molecule has 0 N–H and O–H groups in total. The Hall–Kier alpha value is -3.04. The molecule has 1 aliphatic rings. The minimum Gasteiger partial charge on any atom is -0.336 e. The fourth-order valence-corrected chi connectivity index (χ4v) is 3.80. The molecule has 3 aromatic rings. The van der Waals surface area contributed by atoms with Crippen LogP contribution < -0.4 is 0 Å². The molecule has 9 heteroatoms. The first-order valence-electron chi connectivity index (χ1n) is 9.55. The van der Waals surface area contributed by atoms with Gasteiger partial charge >= 0.3 is 0 Å². The average molecular weight is 470 g/mol. The molecular weight excluding hydrogens is 450 g/mol. The molecule has 1 fully saturated rings. The van der Waals surface area contributed by atoms with E-state index in [1.54, 1.807) is 23.0 Å². The fourth-order valence-electron chi connectivity index (χ4n) is 3.52. The van der Waals surface area contributed by atoms with Crippen molar-refractivity contribution in [3.8, 4) is 5.69 Å². The Bertz CT molecular complexity index is 1060. The number of hydrogen-bond donors (Lipinski definition) is 0. The minimum absolute atomic E-state index is 0.0122. The molecule has 154 valence electrons. The summed E-state index contributed by atoms with van der Waals surface area (Å²) in [4.78, 5) is 27.5. The summed E-state index contributed by atoms with van der Waals surface area (Å²) in [5.74, 6) is 0.0122. The summed E-state index contributed by atoms with van der Waals surface area (Å²) in [6.45, 7) is 3.35. The van der Waals surface area contributed by atoms with E-state index in [2.05, 4.69) is 25.9 Å². The smallest absolute Gasteiger partial charge is 0.269 e. The van der Waals surface area contributed by atoms with Gasteiger partial charge in [-0.1, -0.05) is 12.1 Å². The van der Waals surface area contributed by atoms with Crippen LogP contribution in [-0.4, -0.2) is 56.6 Å². The molecule has 1 saturated heterocycles. The van der Waals surface area contributed by atoms with Crippen LogP contribution in [0.2, 0.25) is 0 Å². The molecule has 0 unspecified atom stereocenters. The summed E-state index contributed by atoms with van der Waals surface area (Å²) in [6.07, 6.45) is 3.57. The second-order valence-electron chi connectivity index (χ2n) is 7.15. The van der Waals surface area contributed by atoms with Gasteiger partial charge in [-0.15, -0.1) is 0 Å². The van der Waals surface area contributed by atoms with E-state index in [1.165, 1.54) is 6.07 Å². The van der Waals surface area contributed by atoms with Crippen LogP contribution >= 0.6 is 15.9 Å². The highest BCUT2D eigenvalue weighted by Gasteiger charge is 2.22. The van der Waals surface area contributed by atoms with Gasteiger partial charge < -0.3 is 4.90 Å². The lowest BCUT2D eigenvalue weighted by Crippen LogP contribution is -2.48. The Kier molecular flexibility index (Phi) is 5.91. The lowest BCUT2D eigenvalue weighted by molar-refractivity contribution is -0.384. The molecule has 2 aromatic carbocycles. The van der Waals surface area contributed by atoms with E-state index in [1.807, 2.05) is 41.4 Å². The van der Waals surface area contributed by atoms with Crippen molar-refractivity contribution in [1.82, 2.24) is 19.6 Å². The number of carbonyl (C=O) groups excluding carboxylic acids is 1. The lowest BCUT2D eigenvalue weighted by atomic mass is 10.1. The zero-order valence-electron chi connectivity index (χ0n) is 16.1. The third-order valence-electron chi connectivity index (χ3n) is 5.12. The van der Waals surface area contributed by atoms with Crippen LogP contribution in [-0.2, 0) is 6.54 Å². The van der Waals surface area contributed by atoms with Crippen LogP contribution in [0.1, 0.15) is 15.9 Å². The number of carbonyl (C=O) groups is 1. The molecule has 0 radical (unpaired) electrons. The van der Waals surface area contributed by atoms with E-state index < -0.39 is 0 Å². The van der Waals surface area contributed by atoms with Crippen molar-refractivity contribution < 1.29 is 9.72 Å². The quantitative estimate of drug-likeness (QED) is 0.421. The second kappa shape index (κ2) is 8.76. The Morgan fingerprint density at radius 3 is 2.47 bits per heavy atom. The van der Waals surface area contributed by atoms with Gasteiger partial charge in [0, 0.05) is 56.6 Å². The van der Waals surface area contributed by atoms with Crippen molar-refractivity contribution in [3.05, 3.63) is 86.6 Å². The molecule has 0 aliphatic carbocycles. The van der Waals surface area contributed by atoms with Gasteiger partial charge in [0.2, 0.25) is 0 Å². The Morgan fingerprint density at radius 1 is 1.10 bits per heavy atom. The summed E-state index contributed by atoms with van der Waals surface area (Å²) >= 11 is 3.38. The largest absolute Gasteiger partial charge is 0.336 e. The van der Waals surface area contributed by atoms with Gasteiger partial charge in [0.15, 0.2) is 0 Å². The molecule has 0 saturated carbocycles. The van der Waals surface area contributed by atoms with Crippen LogP contribution in [0.3, 0.4) is 0 Å². The Morgan fingerprint density at radius 2 is 1.83 bits per heavy atom.